The van der Waals surface area contributed by atoms with Gasteiger partial charge in [0.1, 0.15) is 0 Å². The maximum absolute atomic E-state index is 5.62. The summed E-state index contributed by atoms with van der Waals surface area (Å²) >= 11 is 0. The molecule has 0 saturated heterocycles. The van der Waals surface area contributed by atoms with Crippen molar-refractivity contribution >= 4 is 0 Å². The van der Waals surface area contributed by atoms with E-state index in [0.29, 0.717) is 18.0 Å². The van der Waals surface area contributed by atoms with E-state index in [2.05, 4.69) is 55.1 Å². The molecule has 0 fully saturated rings. The lowest BCUT2D eigenvalue weighted by atomic mass is 9.96. The predicted molar refractivity (Wildman–Crippen MR) is 79.4 cm³/mol. The van der Waals surface area contributed by atoms with Crippen LogP contribution < -0.4 is 5.32 Å². The Morgan fingerprint density at radius 2 is 2.05 bits per heavy atom. The molecule has 0 aliphatic rings. The zero-order valence-electron chi connectivity index (χ0n) is 13.2. The van der Waals surface area contributed by atoms with Gasteiger partial charge in [-0.1, -0.05) is 20.8 Å². The number of aromatic nitrogens is 2. The van der Waals surface area contributed by atoms with Crippen molar-refractivity contribution in [2.75, 3.05) is 14.2 Å². The second-order valence-corrected chi connectivity index (χ2v) is 5.59. The van der Waals surface area contributed by atoms with Gasteiger partial charge in [-0.05, 0) is 32.4 Å². The van der Waals surface area contributed by atoms with Gasteiger partial charge < -0.3 is 10.1 Å². The van der Waals surface area contributed by atoms with Crippen LogP contribution in [0.4, 0.5) is 0 Å². The number of methoxy groups -OCH3 is 1. The van der Waals surface area contributed by atoms with Crippen molar-refractivity contribution in [1.82, 2.24) is 15.1 Å². The minimum absolute atomic E-state index is 0.207. The molecule has 3 atom stereocenters. The molecule has 3 unspecified atom stereocenters. The number of nitrogens with zero attached hydrogens (tertiary/aromatic N) is 2. The van der Waals surface area contributed by atoms with Crippen LogP contribution in [0, 0.1) is 5.92 Å². The fourth-order valence-electron chi connectivity index (χ4n) is 2.43. The van der Waals surface area contributed by atoms with Crippen LogP contribution in [0.2, 0.25) is 0 Å². The van der Waals surface area contributed by atoms with Gasteiger partial charge >= 0.3 is 0 Å². The third-order valence-corrected chi connectivity index (χ3v) is 3.83. The molecule has 0 bridgehead atoms. The number of rotatable bonds is 8. The van der Waals surface area contributed by atoms with Crippen LogP contribution in [-0.4, -0.2) is 36.1 Å². The Morgan fingerprint density at radius 1 is 1.37 bits per heavy atom. The van der Waals surface area contributed by atoms with E-state index in [4.69, 9.17) is 4.74 Å². The second kappa shape index (κ2) is 7.65. The summed E-state index contributed by atoms with van der Waals surface area (Å²) in [5.41, 5.74) is 1.13. The highest BCUT2D eigenvalue weighted by Crippen LogP contribution is 2.15. The van der Waals surface area contributed by atoms with Crippen LogP contribution >= 0.6 is 0 Å². The molecule has 1 N–H and O–H groups in total. The summed E-state index contributed by atoms with van der Waals surface area (Å²) in [6.45, 7) is 8.76. The van der Waals surface area contributed by atoms with Crippen molar-refractivity contribution in [3.05, 3.63) is 18.0 Å². The Morgan fingerprint density at radius 3 is 2.53 bits per heavy atom. The first-order valence-corrected chi connectivity index (χ1v) is 7.27. The zero-order valence-corrected chi connectivity index (χ0v) is 13.2. The zero-order chi connectivity index (χ0) is 14.4. The van der Waals surface area contributed by atoms with E-state index >= 15 is 0 Å². The molecule has 19 heavy (non-hydrogen) atoms. The smallest absolute Gasteiger partial charge is 0.0750 e. The molecule has 4 heteroatoms. The lowest BCUT2D eigenvalue weighted by Gasteiger charge is -2.28. The monoisotopic (exact) mass is 267 g/mol. The Kier molecular flexibility index (Phi) is 6.52. The molecule has 0 radical (unpaired) electrons. The third-order valence-electron chi connectivity index (χ3n) is 3.83. The molecule has 0 spiro atoms. The van der Waals surface area contributed by atoms with Gasteiger partial charge in [0.15, 0.2) is 0 Å². The van der Waals surface area contributed by atoms with Gasteiger partial charge in [-0.3, -0.25) is 4.68 Å². The van der Waals surface area contributed by atoms with Crippen LogP contribution in [0.3, 0.4) is 0 Å². The Hall–Kier alpha value is -0.870. The third kappa shape index (κ3) is 4.32. The molecule has 0 aliphatic heterocycles. The first kappa shape index (κ1) is 16.2. The van der Waals surface area contributed by atoms with E-state index < -0.39 is 0 Å². The van der Waals surface area contributed by atoms with Gasteiger partial charge in [0.05, 0.1) is 11.8 Å². The van der Waals surface area contributed by atoms with Crippen molar-refractivity contribution in [1.29, 1.82) is 0 Å². The summed E-state index contributed by atoms with van der Waals surface area (Å²) < 4.78 is 7.67. The van der Waals surface area contributed by atoms with E-state index in [1.807, 2.05) is 7.05 Å². The molecule has 0 saturated carbocycles. The number of likely N-dealkylation sites (N-methyl/N-ethyl adjacent to an activating group) is 1. The highest BCUT2D eigenvalue weighted by atomic mass is 16.5. The van der Waals surface area contributed by atoms with Crippen LogP contribution in [0.1, 0.15) is 45.9 Å². The number of ether oxygens (including phenoxy) is 1. The van der Waals surface area contributed by atoms with Crippen LogP contribution in [0.25, 0.3) is 0 Å². The highest BCUT2D eigenvalue weighted by molar-refractivity contribution is 5.03. The minimum atomic E-state index is 0.207. The van der Waals surface area contributed by atoms with E-state index in [9.17, 15) is 0 Å². The Labute approximate surface area is 117 Å². The summed E-state index contributed by atoms with van der Waals surface area (Å²) in [6.07, 6.45) is 4.28. The van der Waals surface area contributed by atoms with Gasteiger partial charge in [0, 0.05) is 31.8 Å². The molecular weight excluding hydrogens is 238 g/mol. The van der Waals surface area contributed by atoms with Crippen molar-refractivity contribution in [3.63, 3.8) is 0 Å². The Bertz CT molecular complexity index is 362. The van der Waals surface area contributed by atoms with Gasteiger partial charge in [0.2, 0.25) is 0 Å². The van der Waals surface area contributed by atoms with Crippen molar-refractivity contribution < 1.29 is 4.74 Å². The quantitative estimate of drug-likeness (QED) is 0.787. The molecule has 0 aromatic carbocycles. The lowest BCUT2D eigenvalue weighted by Crippen LogP contribution is -2.43. The maximum Gasteiger partial charge on any atom is 0.0750 e. The van der Waals surface area contributed by atoms with E-state index in [1.54, 1.807) is 7.11 Å². The van der Waals surface area contributed by atoms with E-state index in [1.165, 1.54) is 0 Å². The molecule has 0 aliphatic carbocycles. The van der Waals surface area contributed by atoms with Gasteiger partial charge in [0.25, 0.3) is 0 Å². The van der Waals surface area contributed by atoms with E-state index in [-0.39, 0.29) is 6.10 Å². The van der Waals surface area contributed by atoms with Crippen LogP contribution in [0.15, 0.2) is 12.3 Å². The topological polar surface area (TPSA) is 39.1 Å². The molecule has 1 heterocycles. The summed E-state index contributed by atoms with van der Waals surface area (Å²) in [6, 6.07) is 2.87. The van der Waals surface area contributed by atoms with Crippen LogP contribution in [-0.2, 0) is 11.2 Å². The summed E-state index contributed by atoms with van der Waals surface area (Å²) in [5.74, 6) is 0.485. The molecular formula is C15H29N3O. The van der Waals surface area contributed by atoms with Gasteiger partial charge in [-0.25, -0.2) is 0 Å². The van der Waals surface area contributed by atoms with Crippen molar-refractivity contribution in [2.45, 2.75) is 58.7 Å². The van der Waals surface area contributed by atoms with Crippen molar-refractivity contribution in [3.8, 4) is 0 Å². The van der Waals surface area contributed by atoms with E-state index in [0.717, 1.165) is 18.5 Å². The fourth-order valence-corrected chi connectivity index (χ4v) is 2.43. The average Bonchev–Trinajstić information content (AvgIpc) is 2.85. The summed E-state index contributed by atoms with van der Waals surface area (Å²) in [7, 11) is 3.78. The summed E-state index contributed by atoms with van der Waals surface area (Å²) in [5, 5.41) is 8.03. The molecule has 0 amide bonds. The maximum atomic E-state index is 5.62. The normalized spacial score (nSPS) is 16.6. The highest BCUT2D eigenvalue weighted by Gasteiger charge is 2.24. The molecule has 110 valence electrons. The standard InChI is InChI=1S/C15H29N3O/c1-7-12(4)18-9-8-13(17-18)10-14(16-5)15(19-6)11(2)3/h8-9,11-12,14-16H,7,10H2,1-6H3. The SMILES string of the molecule is CCC(C)n1ccc(CC(NC)C(OC)C(C)C)n1. The minimum Gasteiger partial charge on any atom is -0.380 e. The summed E-state index contributed by atoms with van der Waals surface area (Å²) in [4.78, 5) is 0. The fraction of sp³-hybridized carbons (Fsp3) is 0.800. The van der Waals surface area contributed by atoms with Crippen molar-refractivity contribution in [2.24, 2.45) is 5.92 Å². The first-order chi connectivity index (χ1) is 9.03. The van der Waals surface area contributed by atoms with Gasteiger partial charge in [-0.15, -0.1) is 0 Å². The van der Waals surface area contributed by atoms with Crippen LogP contribution in [0.5, 0.6) is 0 Å². The largest absolute Gasteiger partial charge is 0.380 e. The number of hydrogen-bond acceptors (Lipinski definition) is 3. The molecule has 1 aromatic rings. The number of nitrogens with one attached hydrogen (secondary N) is 1. The number of hydrogen-bond donors (Lipinski definition) is 1. The second-order valence-electron chi connectivity index (χ2n) is 5.59. The molecule has 1 rings (SSSR count). The Balaban J connectivity index is 2.72. The lowest BCUT2D eigenvalue weighted by molar-refractivity contribution is 0.0351. The molecule has 4 nitrogen and oxygen atoms in total. The van der Waals surface area contributed by atoms with Gasteiger partial charge in [-0.2, -0.15) is 5.10 Å². The first-order valence-electron chi connectivity index (χ1n) is 7.27. The average molecular weight is 267 g/mol. The predicted octanol–water partition coefficient (Wildman–Crippen LogP) is 2.66. The molecule has 1 aromatic heterocycles.